The highest BCUT2D eigenvalue weighted by Gasteiger charge is 2.55. The van der Waals surface area contributed by atoms with Gasteiger partial charge in [-0.1, -0.05) is 55.6 Å². The largest absolute Gasteiger partial charge is 0.480 e. The summed E-state index contributed by atoms with van der Waals surface area (Å²) in [5.74, 6) is 0.164. The van der Waals surface area contributed by atoms with Gasteiger partial charge in [-0.15, -0.1) is 0 Å². The third kappa shape index (κ3) is 4.44. The lowest BCUT2D eigenvalue weighted by Gasteiger charge is -2.51. The van der Waals surface area contributed by atoms with Crippen molar-refractivity contribution < 1.29 is 9.13 Å². The highest BCUT2D eigenvalue weighted by atomic mass is 79.9. The van der Waals surface area contributed by atoms with Crippen LogP contribution in [0.25, 0.3) is 0 Å². The van der Waals surface area contributed by atoms with E-state index in [1.54, 1.807) is 0 Å². The van der Waals surface area contributed by atoms with Gasteiger partial charge in [0.1, 0.15) is 11.6 Å². The smallest absolute Gasteiger partial charge is 0.154 e. The van der Waals surface area contributed by atoms with Crippen LogP contribution in [0.3, 0.4) is 0 Å². The number of fused-ring (bicyclic) bond motifs is 1. The zero-order valence-corrected chi connectivity index (χ0v) is 21.0. The second-order valence-electron chi connectivity index (χ2n) is 8.42. The molecule has 160 valence electrons. The minimum absolute atomic E-state index is 0.135. The highest BCUT2D eigenvalue weighted by molar-refractivity contribution is 9.10. The fourth-order valence-corrected chi connectivity index (χ4v) is 6.12. The van der Waals surface area contributed by atoms with E-state index in [1.807, 2.05) is 25.8 Å². The molecule has 0 amide bonds. The lowest BCUT2D eigenvalue weighted by atomic mass is 9.76. The van der Waals surface area contributed by atoms with Gasteiger partial charge in [0.05, 0.1) is 11.1 Å². The Labute approximate surface area is 192 Å². The van der Waals surface area contributed by atoms with Crippen LogP contribution < -0.4 is 4.74 Å². The maximum atomic E-state index is 14.2. The summed E-state index contributed by atoms with van der Waals surface area (Å²) in [5.41, 5.74) is 1.68. The lowest BCUT2D eigenvalue weighted by Crippen LogP contribution is -2.62. The van der Waals surface area contributed by atoms with Crippen molar-refractivity contribution in [2.24, 2.45) is 0 Å². The van der Waals surface area contributed by atoms with E-state index in [1.165, 1.54) is 11.6 Å². The number of hydrogen-bond donors (Lipinski definition) is 0. The van der Waals surface area contributed by atoms with Crippen LogP contribution in [-0.4, -0.2) is 27.2 Å². The molecular formula is C23H30BrClFNOS. The van der Waals surface area contributed by atoms with Crippen molar-refractivity contribution in [1.29, 1.82) is 0 Å². The molecular weight excluding hydrogens is 473 g/mol. The van der Waals surface area contributed by atoms with E-state index in [0.29, 0.717) is 16.6 Å². The van der Waals surface area contributed by atoms with Crippen LogP contribution in [-0.2, 0) is 6.42 Å². The number of hydrogen-bond acceptors (Lipinski definition) is 3. The summed E-state index contributed by atoms with van der Waals surface area (Å²) in [6.07, 6.45) is 10.5. The zero-order chi connectivity index (χ0) is 21.4. The summed E-state index contributed by atoms with van der Waals surface area (Å²) in [5, 5.41) is 0.135. The van der Waals surface area contributed by atoms with Crippen molar-refractivity contribution in [2.45, 2.75) is 76.7 Å². The van der Waals surface area contributed by atoms with Crippen molar-refractivity contribution in [3.05, 3.63) is 50.7 Å². The molecule has 2 unspecified atom stereocenters. The van der Waals surface area contributed by atoms with Gasteiger partial charge in [-0.05, 0) is 61.5 Å². The van der Waals surface area contributed by atoms with Crippen molar-refractivity contribution >= 4 is 39.5 Å². The van der Waals surface area contributed by atoms with Crippen LogP contribution in [0.4, 0.5) is 4.39 Å². The molecule has 0 bridgehead atoms. The van der Waals surface area contributed by atoms with E-state index >= 15 is 0 Å². The standard InChI is InChI=1S/C21H24BrClFNOS.C2H6/c1-20(2,3)27-25-10-9-17(25)21(13-7-5-4-6-8-13)12-14-16(26-21)11-15(24)19(23)18(14)22;1-2/h5,7-8,11,17H,4,6,9-10,12H2,1-3H3;1-2H3. The van der Waals surface area contributed by atoms with E-state index in [9.17, 15) is 4.39 Å². The summed E-state index contributed by atoms with van der Waals surface area (Å²) in [4.78, 5) is 0. The molecule has 1 fully saturated rings. The first-order valence-electron chi connectivity index (χ1n) is 10.4. The lowest BCUT2D eigenvalue weighted by molar-refractivity contribution is 0.0115. The Kier molecular flexibility index (Phi) is 7.14. The maximum absolute atomic E-state index is 14.2. The van der Waals surface area contributed by atoms with Crippen LogP contribution in [0.2, 0.25) is 5.02 Å². The maximum Gasteiger partial charge on any atom is 0.154 e. The van der Waals surface area contributed by atoms with Gasteiger partial charge in [0.25, 0.3) is 0 Å². The monoisotopic (exact) mass is 501 g/mol. The van der Waals surface area contributed by atoms with Crippen LogP contribution in [0.15, 0.2) is 34.3 Å². The topological polar surface area (TPSA) is 12.5 Å². The van der Waals surface area contributed by atoms with Crippen LogP contribution >= 0.6 is 39.5 Å². The van der Waals surface area contributed by atoms with E-state index in [-0.39, 0.29) is 15.8 Å². The van der Waals surface area contributed by atoms with Crippen molar-refractivity contribution in [3.63, 3.8) is 0 Å². The third-order valence-electron chi connectivity index (χ3n) is 5.34. The van der Waals surface area contributed by atoms with Crippen molar-refractivity contribution in [3.8, 4) is 5.75 Å². The first kappa shape index (κ1) is 23.2. The minimum Gasteiger partial charge on any atom is -0.480 e. The fourth-order valence-electron chi connectivity index (χ4n) is 4.12. The number of ether oxygens (including phenoxy) is 1. The quantitative estimate of drug-likeness (QED) is 0.310. The predicted octanol–water partition coefficient (Wildman–Crippen LogP) is 7.74. The molecule has 0 spiro atoms. The highest BCUT2D eigenvalue weighted by Crippen LogP contribution is 2.52. The number of nitrogens with zero attached hydrogens (tertiary/aromatic N) is 1. The SMILES string of the molecule is CC.CC(C)(C)SN1CCC1C1(C2=CCCC=C2)Cc2c(cc(F)c(Cl)c2Br)O1. The average Bonchev–Trinajstić information content (AvgIpc) is 3.05. The van der Waals surface area contributed by atoms with E-state index in [2.05, 4.69) is 59.2 Å². The van der Waals surface area contributed by atoms with Crippen molar-refractivity contribution in [1.82, 2.24) is 4.31 Å². The molecule has 29 heavy (non-hydrogen) atoms. The molecule has 0 radical (unpaired) electrons. The Bertz CT molecular complexity index is 835. The van der Waals surface area contributed by atoms with E-state index in [0.717, 1.165) is 31.4 Å². The minimum atomic E-state index is -0.491. The van der Waals surface area contributed by atoms with Crippen LogP contribution in [0.1, 0.15) is 59.4 Å². The van der Waals surface area contributed by atoms with Gasteiger partial charge >= 0.3 is 0 Å². The molecule has 0 aromatic heterocycles. The van der Waals surface area contributed by atoms with Gasteiger partial charge in [-0.2, -0.15) is 0 Å². The Balaban J connectivity index is 0.00000117. The Morgan fingerprint density at radius 1 is 1.31 bits per heavy atom. The van der Waals surface area contributed by atoms with Crippen LogP contribution in [0, 0.1) is 5.82 Å². The van der Waals surface area contributed by atoms with Gasteiger partial charge < -0.3 is 4.74 Å². The fraction of sp³-hybridized carbons (Fsp3) is 0.565. The van der Waals surface area contributed by atoms with E-state index < -0.39 is 11.4 Å². The third-order valence-corrected chi connectivity index (χ3v) is 8.03. The van der Waals surface area contributed by atoms with Crippen molar-refractivity contribution in [2.75, 3.05) is 6.54 Å². The molecule has 2 nitrogen and oxygen atoms in total. The molecule has 0 N–H and O–H groups in total. The number of rotatable bonds is 3. The molecule has 1 aliphatic carbocycles. The Morgan fingerprint density at radius 3 is 2.59 bits per heavy atom. The predicted molar refractivity (Wildman–Crippen MR) is 126 cm³/mol. The van der Waals surface area contributed by atoms with Gasteiger partial charge in [0.15, 0.2) is 5.60 Å². The molecule has 1 aromatic carbocycles. The molecule has 6 heteroatoms. The summed E-state index contributed by atoms with van der Waals surface area (Å²) < 4.78 is 24.0. The molecule has 2 aliphatic heterocycles. The molecule has 0 saturated carbocycles. The Morgan fingerprint density at radius 2 is 2.03 bits per heavy atom. The summed E-state index contributed by atoms with van der Waals surface area (Å²) in [7, 11) is 0. The normalized spacial score (nSPS) is 26.1. The second kappa shape index (κ2) is 8.94. The van der Waals surface area contributed by atoms with Gasteiger partial charge in [0.2, 0.25) is 0 Å². The summed E-state index contributed by atoms with van der Waals surface area (Å²) in [6, 6.07) is 1.69. The van der Waals surface area contributed by atoms with E-state index in [4.69, 9.17) is 16.3 Å². The first-order valence-corrected chi connectivity index (χ1v) is 12.3. The second-order valence-corrected chi connectivity index (χ2v) is 11.5. The Hall–Kier alpha value is -0.490. The molecule has 1 saturated heterocycles. The van der Waals surface area contributed by atoms with Gasteiger partial charge in [0, 0.05) is 33.8 Å². The molecule has 2 atom stereocenters. The van der Waals surface area contributed by atoms with Gasteiger partial charge in [-0.3, -0.25) is 0 Å². The summed E-state index contributed by atoms with van der Waals surface area (Å²) >= 11 is 11.5. The molecule has 1 aromatic rings. The first-order chi connectivity index (χ1) is 13.7. The zero-order valence-electron chi connectivity index (χ0n) is 17.8. The average molecular weight is 503 g/mol. The van der Waals surface area contributed by atoms with Crippen LogP contribution in [0.5, 0.6) is 5.75 Å². The number of allylic oxidation sites excluding steroid dienone is 2. The molecule has 3 aliphatic rings. The number of halogens is 3. The molecule has 4 rings (SSSR count). The number of benzene rings is 1. The molecule has 2 heterocycles. The summed E-state index contributed by atoms with van der Waals surface area (Å²) in [6.45, 7) is 11.7. The van der Waals surface area contributed by atoms with Gasteiger partial charge in [-0.25, -0.2) is 8.70 Å².